The second-order valence-corrected chi connectivity index (χ2v) is 7.49. The first kappa shape index (κ1) is 19.5. The Bertz CT molecular complexity index is 686. The van der Waals surface area contributed by atoms with Gasteiger partial charge in [0.25, 0.3) is 0 Å². The predicted octanol–water partition coefficient (Wildman–Crippen LogP) is 3.40. The molecule has 2 aliphatic heterocycles. The van der Waals surface area contributed by atoms with E-state index in [0.29, 0.717) is 17.9 Å². The largest absolute Gasteiger partial charge is 0.478 e. The number of nitrogens with zero attached hydrogens (tertiary/aromatic N) is 1. The minimum atomic E-state index is -0.902. The quantitative estimate of drug-likeness (QED) is 0.514. The lowest BCUT2D eigenvalue weighted by atomic mass is 9.77. The first-order chi connectivity index (χ1) is 13.1. The summed E-state index contributed by atoms with van der Waals surface area (Å²) in [4.78, 5) is 22.7. The number of nitrogens with one attached hydrogen (secondary N) is 1. The van der Waals surface area contributed by atoms with Crippen LogP contribution in [0.5, 0.6) is 0 Å². The molecule has 6 heteroatoms. The summed E-state index contributed by atoms with van der Waals surface area (Å²) in [7, 11) is 0. The van der Waals surface area contributed by atoms with Crippen LogP contribution < -0.4 is 5.43 Å². The Hall–Kier alpha value is -2.21. The molecule has 4 atom stereocenters. The van der Waals surface area contributed by atoms with Crippen LogP contribution in [0.25, 0.3) is 0 Å². The van der Waals surface area contributed by atoms with Crippen LogP contribution >= 0.6 is 0 Å². The molecule has 0 saturated carbocycles. The Balaban J connectivity index is 1.55. The third-order valence-corrected chi connectivity index (χ3v) is 5.65. The van der Waals surface area contributed by atoms with Gasteiger partial charge in [0.15, 0.2) is 0 Å². The molecule has 2 bridgehead atoms. The Morgan fingerprint density at radius 1 is 1.26 bits per heavy atom. The van der Waals surface area contributed by atoms with Crippen molar-refractivity contribution in [3.05, 3.63) is 35.4 Å². The van der Waals surface area contributed by atoms with Crippen LogP contribution in [0.15, 0.2) is 29.4 Å². The number of carboxylic acid groups (broad SMARTS) is 1. The van der Waals surface area contributed by atoms with Crippen LogP contribution in [-0.2, 0) is 16.0 Å². The lowest BCUT2D eigenvalue weighted by molar-refractivity contribution is -0.121. The number of carbonyl (C=O) groups excluding carboxylic acids is 1. The van der Waals surface area contributed by atoms with Crippen molar-refractivity contribution in [3.63, 3.8) is 0 Å². The third kappa shape index (κ3) is 4.95. The first-order valence-corrected chi connectivity index (χ1v) is 9.88. The van der Waals surface area contributed by atoms with Gasteiger partial charge in [-0.15, -0.1) is 0 Å². The van der Waals surface area contributed by atoms with E-state index in [1.807, 2.05) is 18.3 Å². The maximum atomic E-state index is 11.7. The van der Waals surface area contributed by atoms with Crippen LogP contribution in [-0.4, -0.2) is 35.4 Å². The highest BCUT2D eigenvalue weighted by Gasteiger charge is 2.47. The standard InChI is InChI=1S/C21H28N2O4/c1-2-3-4-20(24)23-22-13-17-16(18-11-12-19(17)27-18)10-7-14-5-8-15(9-6-14)21(25)26/h5-6,8-9,13,16-19H,2-4,7,10-12H2,1H3,(H,23,24)(H,25,26)/t16-,17-,18?,19+/m0/s1. The van der Waals surface area contributed by atoms with Gasteiger partial charge in [0.05, 0.1) is 17.8 Å². The summed E-state index contributed by atoms with van der Waals surface area (Å²) in [5, 5.41) is 13.2. The Kier molecular flexibility index (Phi) is 6.61. The summed E-state index contributed by atoms with van der Waals surface area (Å²) in [5.41, 5.74) is 4.08. The number of amides is 1. The second kappa shape index (κ2) is 9.13. The molecule has 2 aliphatic rings. The van der Waals surface area contributed by atoms with Crippen molar-refractivity contribution in [2.75, 3.05) is 0 Å². The van der Waals surface area contributed by atoms with Crippen LogP contribution in [0.1, 0.15) is 61.4 Å². The van der Waals surface area contributed by atoms with Crippen LogP contribution in [0.2, 0.25) is 0 Å². The predicted molar refractivity (Wildman–Crippen MR) is 103 cm³/mol. The first-order valence-electron chi connectivity index (χ1n) is 9.88. The molecule has 0 aliphatic carbocycles. The van der Waals surface area contributed by atoms with Crippen molar-refractivity contribution in [1.29, 1.82) is 0 Å². The van der Waals surface area contributed by atoms with Crippen LogP contribution in [0, 0.1) is 11.8 Å². The average Bonchev–Trinajstić information content (AvgIpc) is 3.27. The number of hydrogen-bond donors (Lipinski definition) is 2. The van der Waals surface area contributed by atoms with E-state index in [2.05, 4.69) is 17.5 Å². The van der Waals surface area contributed by atoms with Crippen molar-refractivity contribution in [3.8, 4) is 0 Å². The zero-order valence-electron chi connectivity index (χ0n) is 15.8. The van der Waals surface area contributed by atoms with Gasteiger partial charge in [-0.25, -0.2) is 10.2 Å². The highest BCUT2D eigenvalue weighted by atomic mass is 16.5. The maximum absolute atomic E-state index is 11.7. The summed E-state index contributed by atoms with van der Waals surface area (Å²) < 4.78 is 6.08. The Morgan fingerprint density at radius 2 is 2.00 bits per heavy atom. The molecule has 3 rings (SSSR count). The lowest BCUT2D eigenvalue weighted by Gasteiger charge is -2.25. The van der Waals surface area contributed by atoms with Crippen LogP contribution in [0.3, 0.4) is 0 Å². The number of hydrogen-bond acceptors (Lipinski definition) is 4. The lowest BCUT2D eigenvalue weighted by Crippen LogP contribution is -2.30. The van der Waals surface area contributed by atoms with E-state index in [0.717, 1.165) is 44.1 Å². The fourth-order valence-corrected chi connectivity index (χ4v) is 4.13. The van der Waals surface area contributed by atoms with E-state index in [1.54, 1.807) is 12.1 Å². The van der Waals surface area contributed by atoms with E-state index in [-0.39, 0.29) is 24.0 Å². The van der Waals surface area contributed by atoms with Crippen molar-refractivity contribution in [2.24, 2.45) is 16.9 Å². The van der Waals surface area contributed by atoms with E-state index in [9.17, 15) is 9.59 Å². The number of carbonyl (C=O) groups is 2. The van der Waals surface area contributed by atoms with Crippen LogP contribution in [0.4, 0.5) is 0 Å². The van der Waals surface area contributed by atoms with Gasteiger partial charge in [0.1, 0.15) is 0 Å². The molecule has 1 aromatic carbocycles. The third-order valence-electron chi connectivity index (χ3n) is 5.65. The van der Waals surface area contributed by atoms with Gasteiger partial charge in [0, 0.05) is 18.6 Å². The van der Waals surface area contributed by atoms with Gasteiger partial charge < -0.3 is 9.84 Å². The van der Waals surface area contributed by atoms with Gasteiger partial charge in [-0.2, -0.15) is 5.10 Å². The van der Waals surface area contributed by atoms with Crippen molar-refractivity contribution in [2.45, 2.75) is 64.1 Å². The molecule has 27 heavy (non-hydrogen) atoms. The molecule has 1 amide bonds. The second-order valence-electron chi connectivity index (χ2n) is 7.49. The summed E-state index contributed by atoms with van der Waals surface area (Å²) in [6, 6.07) is 7.07. The number of fused-ring (bicyclic) bond motifs is 2. The topological polar surface area (TPSA) is 88.0 Å². The van der Waals surface area contributed by atoms with Gasteiger partial charge in [-0.1, -0.05) is 25.5 Å². The highest BCUT2D eigenvalue weighted by molar-refractivity contribution is 5.87. The minimum absolute atomic E-state index is 0.0350. The molecule has 0 aromatic heterocycles. The summed E-state index contributed by atoms with van der Waals surface area (Å²) in [6.45, 7) is 2.06. The summed E-state index contributed by atoms with van der Waals surface area (Å²) in [6.07, 6.45) is 8.69. The van der Waals surface area contributed by atoms with Gasteiger partial charge in [-0.3, -0.25) is 4.79 Å². The number of aromatic carboxylic acids is 1. The van der Waals surface area contributed by atoms with Crippen molar-refractivity contribution >= 4 is 18.1 Å². The molecule has 1 aromatic rings. The number of benzene rings is 1. The van der Waals surface area contributed by atoms with Gasteiger partial charge in [-0.05, 0) is 55.7 Å². The SMILES string of the molecule is CCCCC(=O)NN=C[C@H]1[C@H](CCc2ccc(C(=O)O)cc2)C2CC[C@H]1O2. The summed E-state index contributed by atoms with van der Waals surface area (Å²) >= 11 is 0. The van der Waals surface area contributed by atoms with Crippen molar-refractivity contribution < 1.29 is 19.4 Å². The molecular formula is C21H28N2O4. The molecule has 2 N–H and O–H groups in total. The van der Waals surface area contributed by atoms with E-state index in [1.165, 1.54) is 0 Å². The fraction of sp³-hybridized carbons (Fsp3) is 0.571. The van der Waals surface area contributed by atoms with E-state index < -0.39 is 5.97 Å². The number of carboxylic acids is 1. The Labute approximate surface area is 160 Å². The van der Waals surface area contributed by atoms with Gasteiger partial charge >= 0.3 is 5.97 Å². The van der Waals surface area contributed by atoms with E-state index >= 15 is 0 Å². The molecule has 0 radical (unpaired) electrons. The Morgan fingerprint density at radius 3 is 2.70 bits per heavy atom. The number of ether oxygens (including phenoxy) is 1. The van der Waals surface area contributed by atoms with Crippen molar-refractivity contribution in [1.82, 2.24) is 5.43 Å². The molecule has 0 spiro atoms. The molecular weight excluding hydrogens is 344 g/mol. The minimum Gasteiger partial charge on any atom is -0.478 e. The molecule has 2 fully saturated rings. The number of aryl methyl sites for hydroxylation is 1. The molecule has 146 valence electrons. The number of rotatable bonds is 9. The molecule has 2 saturated heterocycles. The normalized spacial score (nSPS) is 26.6. The number of unbranched alkanes of at least 4 members (excludes halogenated alkanes) is 1. The molecule has 1 unspecified atom stereocenters. The summed E-state index contributed by atoms with van der Waals surface area (Å²) in [5.74, 6) is -0.319. The highest BCUT2D eigenvalue weighted by Crippen LogP contribution is 2.44. The zero-order valence-corrected chi connectivity index (χ0v) is 15.8. The maximum Gasteiger partial charge on any atom is 0.335 e. The molecule has 6 nitrogen and oxygen atoms in total. The fourth-order valence-electron chi connectivity index (χ4n) is 4.13. The smallest absolute Gasteiger partial charge is 0.335 e. The zero-order chi connectivity index (χ0) is 19.2. The molecule has 2 heterocycles. The van der Waals surface area contributed by atoms with Gasteiger partial charge in [0.2, 0.25) is 5.91 Å². The average molecular weight is 372 g/mol. The number of hydrazone groups is 1. The van der Waals surface area contributed by atoms with E-state index in [4.69, 9.17) is 9.84 Å². The monoisotopic (exact) mass is 372 g/mol.